The number of hydrogen-bond acceptors (Lipinski definition) is 4. The van der Waals surface area contributed by atoms with Crippen LogP contribution in [0.4, 0.5) is 0 Å². The highest BCUT2D eigenvalue weighted by atomic mass is 16.3. The third-order valence-corrected chi connectivity index (χ3v) is 13.2. The van der Waals surface area contributed by atoms with Crippen molar-refractivity contribution in [2.75, 3.05) is 0 Å². The van der Waals surface area contributed by atoms with E-state index in [9.17, 15) is 20.4 Å². The number of aliphatic hydroxyl groups excluding tert-OH is 4. The highest BCUT2D eigenvalue weighted by molar-refractivity contribution is 5.35. The molecule has 4 nitrogen and oxygen atoms in total. The molecule has 0 aromatic rings. The van der Waals surface area contributed by atoms with E-state index in [1.54, 1.807) is 0 Å². The number of fused-ring (bicyclic) bond motifs is 7. The molecule has 0 aromatic heterocycles. The van der Waals surface area contributed by atoms with Gasteiger partial charge in [0.2, 0.25) is 0 Å². The van der Waals surface area contributed by atoms with E-state index in [1.165, 1.54) is 5.57 Å². The van der Waals surface area contributed by atoms with Crippen LogP contribution < -0.4 is 0 Å². The van der Waals surface area contributed by atoms with Crippen molar-refractivity contribution in [1.82, 2.24) is 0 Å². The standard InChI is InChI=1S/C30H50O4/c1-25(2)13-18-17-9-10-21-28(6)14-19(31)24(34)26(3,4)20(28)11-12-29(21,7)30(17,8)23(33)16-27(18,5)15-22(25)32/h9,18-24,31-34H,10-16H2,1-8H3. The highest BCUT2D eigenvalue weighted by Crippen LogP contribution is 2.75. The molecule has 0 bridgehead atoms. The molecule has 5 aliphatic rings. The van der Waals surface area contributed by atoms with Gasteiger partial charge in [-0.05, 0) is 89.8 Å². The number of aliphatic hydroxyl groups is 4. The van der Waals surface area contributed by atoms with Gasteiger partial charge < -0.3 is 20.4 Å². The van der Waals surface area contributed by atoms with Gasteiger partial charge in [0.15, 0.2) is 0 Å². The molecule has 0 aliphatic heterocycles. The van der Waals surface area contributed by atoms with Crippen LogP contribution in [0.1, 0.15) is 100 Å². The minimum Gasteiger partial charge on any atom is -0.393 e. The summed E-state index contributed by atoms with van der Waals surface area (Å²) in [5, 5.41) is 44.8. The lowest BCUT2D eigenvalue weighted by Gasteiger charge is -2.72. The maximum absolute atomic E-state index is 12.0. The van der Waals surface area contributed by atoms with Gasteiger partial charge in [0.05, 0.1) is 24.4 Å². The predicted molar refractivity (Wildman–Crippen MR) is 135 cm³/mol. The van der Waals surface area contributed by atoms with E-state index >= 15 is 0 Å². The molecule has 0 spiro atoms. The molecular formula is C30H50O4. The summed E-state index contributed by atoms with van der Waals surface area (Å²) in [7, 11) is 0. The van der Waals surface area contributed by atoms with Crippen LogP contribution in [0.5, 0.6) is 0 Å². The molecule has 11 unspecified atom stereocenters. The van der Waals surface area contributed by atoms with Crippen molar-refractivity contribution in [2.24, 2.45) is 50.2 Å². The first-order valence-electron chi connectivity index (χ1n) is 13.9. The second kappa shape index (κ2) is 7.11. The molecule has 194 valence electrons. The highest BCUT2D eigenvalue weighted by Gasteiger charge is 2.71. The van der Waals surface area contributed by atoms with Crippen molar-refractivity contribution in [3.05, 3.63) is 11.6 Å². The van der Waals surface area contributed by atoms with Crippen LogP contribution in [0.3, 0.4) is 0 Å². The molecule has 4 heteroatoms. The predicted octanol–water partition coefficient (Wildman–Crippen LogP) is 5.08. The van der Waals surface area contributed by atoms with Crippen LogP contribution in [0.2, 0.25) is 0 Å². The van der Waals surface area contributed by atoms with E-state index < -0.39 is 18.3 Å². The van der Waals surface area contributed by atoms with Crippen molar-refractivity contribution in [2.45, 2.75) is 125 Å². The van der Waals surface area contributed by atoms with E-state index in [0.717, 1.165) is 38.5 Å². The molecule has 4 fully saturated rings. The minimum atomic E-state index is -0.697. The van der Waals surface area contributed by atoms with Crippen molar-refractivity contribution < 1.29 is 20.4 Å². The van der Waals surface area contributed by atoms with Crippen LogP contribution in [-0.2, 0) is 0 Å². The average Bonchev–Trinajstić information content (AvgIpc) is 2.70. The van der Waals surface area contributed by atoms with Crippen LogP contribution in [0.25, 0.3) is 0 Å². The van der Waals surface area contributed by atoms with Gasteiger partial charge in [-0.3, -0.25) is 0 Å². The molecule has 4 saturated carbocycles. The number of hydrogen-bond donors (Lipinski definition) is 4. The summed E-state index contributed by atoms with van der Waals surface area (Å²) >= 11 is 0. The Balaban J connectivity index is 1.62. The fourth-order valence-corrected chi connectivity index (χ4v) is 10.8. The average molecular weight is 475 g/mol. The Kier molecular flexibility index (Phi) is 5.28. The second-order valence-electron chi connectivity index (χ2n) is 15.5. The molecule has 0 saturated heterocycles. The van der Waals surface area contributed by atoms with E-state index in [2.05, 4.69) is 61.5 Å². The lowest BCUT2D eigenvalue weighted by Crippen LogP contribution is -2.69. The maximum atomic E-state index is 12.0. The zero-order valence-electron chi connectivity index (χ0n) is 22.9. The van der Waals surface area contributed by atoms with Gasteiger partial charge in [-0.2, -0.15) is 0 Å². The van der Waals surface area contributed by atoms with Gasteiger partial charge in [0.25, 0.3) is 0 Å². The first kappa shape index (κ1) is 25.2. The third kappa shape index (κ3) is 2.86. The van der Waals surface area contributed by atoms with Crippen LogP contribution in [0, 0.1) is 50.2 Å². The first-order chi connectivity index (χ1) is 15.4. The molecule has 0 radical (unpaired) electrons. The van der Waals surface area contributed by atoms with Crippen molar-refractivity contribution in [3.8, 4) is 0 Å². The molecular weight excluding hydrogens is 424 g/mol. The summed E-state index contributed by atoms with van der Waals surface area (Å²) in [4.78, 5) is 0. The van der Waals surface area contributed by atoms with E-state index in [-0.39, 0.29) is 38.6 Å². The Morgan fingerprint density at radius 1 is 0.765 bits per heavy atom. The normalized spacial score (nSPS) is 58.0. The smallest absolute Gasteiger partial charge is 0.0852 e. The molecule has 5 rings (SSSR count). The topological polar surface area (TPSA) is 80.9 Å². The van der Waals surface area contributed by atoms with Crippen molar-refractivity contribution in [3.63, 3.8) is 0 Å². The summed E-state index contributed by atoms with van der Waals surface area (Å²) in [6.07, 6.45) is 6.51. The largest absolute Gasteiger partial charge is 0.393 e. The summed E-state index contributed by atoms with van der Waals surface area (Å²) in [5.74, 6) is 1.10. The van der Waals surface area contributed by atoms with Gasteiger partial charge in [-0.25, -0.2) is 0 Å². The lowest BCUT2D eigenvalue weighted by atomic mass is 9.33. The van der Waals surface area contributed by atoms with E-state index in [1.807, 2.05) is 0 Å². The van der Waals surface area contributed by atoms with Crippen molar-refractivity contribution in [1.29, 1.82) is 0 Å². The fourth-order valence-electron chi connectivity index (χ4n) is 10.8. The van der Waals surface area contributed by atoms with Gasteiger partial charge >= 0.3 is 0 Å². The Bertz CT molecular complexity index is 892. The summed E-state index contributed by atoms with van der Waals surface area (Å²) < 4.78 is 0. The zero-order chi connectivity index (χ0) is 25.3. The van der Waals surface area contributed by atoms with Crippen LogP contribution >= 0.6 is 0 Å². The quantitative estimate of drug-likeness (QED) is 0.369. The van der Waals surface area contributed by atoms with Crippen molar-refractivity contribution >= 4 is 0 Å². The molecule has 0 heterocycles. The van der Waals surface area contributed by atoms with Crippen LogP contribution in [-0.4, -0.2) is 44.8 Å². The van der Waals surface area contributed by atoms with Gasteiger partial charge in [-0.15, -0.1) is 0 Å². The zero-order valence-corrected chi connectivity index (χ0v) is 22.9. The molecule has 11 atom stereocenters. The lowest BCUT2D eigenvalue weighted by molar-refractivity contribution is -0.245. The maximum Gasteiger partial charge on any atom is 0.0852 e. The molecule has 0 aromatic carbocycles. The van der Waals surface area contributed by atoms with Gasteiger partial charge in [0, 0.05) is 5.41 Å². The molecule has 34 heavy (non-hydrogen) atoms. The number of allylic oxidation sites excluding steroid dienone is 1. The fraction of sp³-hybridized carbons (Fsp3) is 0.933. The second-order valence-corrected chi connectivity index (χ2v) is 15.5. The van der Waals surface area contributed by atoms with Gasteiger partial charge in [0.1, 0.15) is 0 Å². The summed E-state index contributed by atoms with van der Waals surface area (Å²) in [6, 6.07) is 0. The Morgan fingerprint density at radius 3 is 2.03 bits per heavy atom. The molecule has 4 N–H and O–H groups in total. The third-order valence-electron chi connectivity index (χ3n) is 13.2. The minimum absolute atomic E-state index is 0.0681. The van der Waals surface area contributed by atoms with Crippen LogP contribution in [0.15, 0.2) is 11.6 Å². The molecule has 5 aliphatic carbocycles. The molecule has 0 amide bonds. The van der Waals surface area contributed by atoms with E-state index in [4.69, 9.17) is 0 Å². The SMILES string of the molecule is CC1(C)CC2C3=CCC4C5(C)CC(O)C(O)C(C)(C)C5CCC4(C)C3(C)C(O)CC2(C)CC1O. The Morgan fingerprint density at radius 2 is 1.38 bits per heavy atom. The monoisotopic (exact) mass is 474 g/mol. The van der Waals surface area contributed by atoms with Gasteiger partial charge in [-0.1, -0.05) is 67.0 Å². The Labute approximate surface area is 207 Å². The Hall–Kier alpha value is -0.420. The van der Waals surface area contributed by atoms with E-state index in [0.29, 0.717) is 24.2 Å². The first-order valence-corrected chi connectivity index (χ1v) is 13.9. The summed E-state index contributed by atoms with van der Waals surface area (Å²) in [5.41, 5.74) is 0.471. The number of rotatable bonds is 0. The summed E-state index contributed by atoms with van der Waals surface area (Å²) in [6.45, 7) is 18.2.